The Balaban J connectivity index is 1.42. The Labute approximate surface area is 153 Å². The van der Waals surface area contributed by atoms with Crippen molar-refractivity contribution in [2.24, 2.45) is 0 Å². The van der Waals surface area contributed by atoms with Crippen LogP contribution in [0.4, 0.5) is 0 Å². The number of nitrogens with zero attached hydrogens (tertiary/aromatic N) is 3. The van der Waals surface area contributed by atoms with Crippen molar-refractivity contribution in [2.75, 3.05) is 12.4 Å². The van der Waals surface area contributed by atoms with Crippen LogP contribution in [0.25, 0.3) is 0 Å². The average Bonchev–Trinajstić information content (AvgIpc) is 3.31. The SMILES string of the molecule is N#Cc1ccc(OCC(O)CSc2n[nH]c(Cc3cccs3)n2)cc1. The fourth-order valence-corrected chi connectivity index (χ4v) is 3.47. The summed E-state index contributed by atoms with van der Waals surface area (Å²) in [5, 5.41) is 28.5. The van der Waals surface area contributed by atoms with E-state index in [1.54, 1.807) is 35.6 Å². The Kier molecular flexibility index (Phi) is 6.06. The number of aromatic nitrogens is 3. The monoisotopic (exact) mass is 372 g/mol. The molecule has 3 aromatic rings. The van der Waals surface area contributed by atoms with Crippen LogP contribution < -0.4 is 4.74 Å². The first-order chi connectivity index (χ1) is 12.2. The lowest BCUT2D eigenvalue weighted by atomic mass is 10.2. The number of thioether (sulfide) groups is 1. The Morgan fingerprint density at radius 3 is 2.88 bits per heavy atom. The third-order valence-corrected chi connectivity index (χ3v) is 5.13. The Bertz CT molecular complexity index is 825. The molecule has 1 atom stereocenters. The summed E-state index contributed by atoms with van der Waals surface area (Å²) in [5.41, 5.74) is 0.575. The van der Waals surface area contributed by atoms with Crippen LogP contribution in [0, 0.1) is 11.3 Å². The van der Waals surface area contributed by atoms with E-state index < -0.39 is 6.10 Å². The van der Waals surface area contributed by atoms with Gasteiger partial charge in [0, 0.05) is 17.1 Å². The number of hydrogen-bond donors (Lipinski definition) is 2. The summed E-state index contributed by atoms with van der Waals surface area (Å²) in [6.07, 6.45) is 0.0927. The highest BCUT2D eigenvalue weighted by Gasteiger charge is 2.10. The van der Waals surface area contributed by atoms with Gasteiger partial charge in [0.05, 0.1) is 17.7 Å². The second-order valence-electron chi connectivity index (χ2n) is 5.23. The summed E-state index contributed by atoms with van der Waals surface area (Å²) in [7, 11) is 0. The van der Waals surface area contributed by atoms with Crippen molar-refractivity contribution in [1.29, 1.82) is 5.26 Å². The molecule has 0 saturated heterocycles. The maximum absolute atomic E-state index is 10.0. The number of aliphatic hydroxyl groups is 1. The molecule has 8 heteroatoms. The van der Waals surface area contributed by atoms with E-state index in [0.717, 1.165) is 12.2 Å². The number of thiophene rings is 1. The molecule has 0 radical (unpaired) electrons. The number of rotatable bonds is 8. The molecule has 0 fully saturated rings. The van der Waals surface area contributed by atoms with Crippen LogP contribution in [0.5, 0.6) is 5.75 Å². The molecule has 0 aliphatic rings. The molecule has 25 heavy (non-hydrogen) atoms. The van der Waals surface area contributed by atoms with Gasteiger partial charge in [-0.2, -0.15) is 5.26 Å². The molecule has 1 unspecified atom stereocenters. The number of benzene rings is 1. The summed E-state index contributed by atoms with van der Waals surface area (Å²) in [4.78, 5) is 5.64. The predicted octanol–water partition coefficient (Wildman–Crippen LogP) is 2.86. The molecule has 128 valence electrons. The van der Waals surface area contributed by atoms with Crippen molar-refractivity contribution in [3.8, 4) is 11.8 Å². The lowest BCUT2D eigenvalue weighted by Crippen LogP contribution is -2.20. The molecule has 0 aliphatic carbocycles. The van der Waals surface area contributed by atoms with Crippen LogP contribution in [0.1, 0.15) is 16.3 Å². The van der Waals surface area contributed by atoms with E-state index in [2.05, 4.69) is 21.2 Å². The average molecular weight is 372 g/mol. The molecule has 0 bridgehead atoms. The zero-order valence-corrected chi connectivity index (χ0v) is 14.9. The van der Waals surface area contributed by atoms with E-state index in [0.29, 0.717) is 22.2 Å². The van der Waals surface area contributed by atoms with E-state index >= 15 is 0 Å². The minimum Gasteiger partial charge on any atom is -0.491 e. The summed E-state index contributed by atoms with van der Waals surface area (Å²) in [6.45, 7) is 0.172. The van der Waals surface area contributed by atoms with Crippen molar-refractivity contribution in [3.05, 3.63) is 58.0 Å². The van der Waals surface area contributed by atoms with Gasteiger partial charge >= 0.3 is 0 Å². The fourth-order valence-electron chi connectivity index (χ4n) is 2.04. The molecule has 0 amide bonds. The quantitative estimate of drug-likeness (QED) is 0.591. The number of nitriles is 1. The standard InChI is InChI=1S/C17H16N4O2S2/c18-9-12-3-5-14(6-4-12)23-10-13(22)11-25-17-19-16(20-21-17)8-15-2-1-7-24-15/h1-7,13,22H,8,10-11H2,(H,19,20,21). The van der Waals surface area contributed by atoms with Crippen molar-refractivity contribution in [2.45, 2.75) is 17.7 Å². The first-order valence-electron chi connectivity index (χ1n) is 7.60. The van der Waals surface area contributed by atoms with Gasteiger partial charge in [-0.1, -0.05) is 17.8 Å². The van der Waals surface area contributed by atoms with Gasteiger partial charge < -0.3 is 9.84 Å². The van der Waals surface area contributed by atoms with Crippen LogP contribution in [0.2, 0.25) is 0 Å². The number of aliphatic hydroxyl groups excluding tert-OH is 1. The van der Waals surface area contributed by atoms with Gasteiger partial charge in [-0.05, 0) is 35.7 Å². The number of hydrogen-bond acceptors (Lipinski definition) is 7. The highest BCUT2D eigenvalue weighted by molar-refractivity contribution is 7.99. The van der Waals surface area contributed by atoms with E-state index in [9.17, 15) is 5.11 Å². The smallest absolute Gasteiger partial charge is 0.208 e. The Hall–Kier alpha value is -2.34. The number of nitrogens with one attached hydrogen (secondary N) is 1. The van der Waals surface area contributed by atoms with Crippen molar-refractivity contribution in [1.82, 2.24) is 15.2 Å². The van der Waals surface area contributed by atoms with Gasteiger partial charge in [0.2, 0.25) is 5.16 Å². The molecule has 3 rings (SSSR count). The highest BCUT2D eigenvalue weighted by Crippen LogP contribution is 2.18. The van der Waals surface area contributed by atoms with E-state index in [1.807, 2.05) is 17.5 Å². The van der Waals surface area contributed by atoms with Crippen LogP contribution in [0.15, 0.2) is 46.9 Å². The largest absolute Gasteiger partial charge is 0.491 e. The lowest BCUT2D eigenvalue weighted by molar-refractivity contribution is 0.126. The van der Waals surface area contributed by atoms with Crippen LogP contribution in [0.3, 0.4) is 0 Å². The lowest BCUT2D eigenvalue weighted by Gasteiger charge is -2.11. The third-order valence-electron chi connectivity index (χ3n) is 3.26. The Morgan fingerprint density at radius 1 is 1.32 bits per heavy atom. The summed E-state index contributed by atoms with van der Waals surface area (Å²) < 4.78 is 5.51. The van der Waals surface area contributed by atoms with E-state index in [4.69, 9.17) is 10.00 Å². The zero-order chi connectivity index (χ0) is 17.5. The first-order valence-corrected chi connectivity index (χ1v) is 9.47. The molecular formula is C17H16N4O2S2. The van der Waals surface area contributed by atoms with Gasteiger partial charge in [-0.3, -0.25) is 5.10 Å². The highest BCUT2D eigenvalue weighted by atomic mass is 32.2. The van der Waals surface area contributed by atoms with Crippen molar-refractivity contribution < 1.29 is 9.84 Å². The van der Waals surface area contributed by atoms with Gasteiger partial charge in [0.1, 0.15) is 18.2 Å². The Morgan fingerprint density at radius 2 is 2.16 bits per heavy atom. The van der Waals surface area contributed by atoms with Crippen LogP contribution in [-0.4, -0.2) is 38.8 Å². The minimum atomic E-state index is -0.639. The second kappa shape index (κ2) is 8.67. The summed E-state index contributed by atoms with van der Waals surface area (Å²) in [6, 6.07) is 12.9. The van der Waals surface area contributed by atoms with Crippen LogP contribution >= 0.6 is 23.1 Å². The second-order valence-corrected chi connectivity index (χ2v) is 7.25. The molecule has 2 N–H and O–H groups in total. The molecular weight excluding hydrogens is 356 g/mol. The van der Waals surface area contributed by atoms with Gasteiger partial charge in [0.15, 0.2) is 0 Å². The van der Waals surface area contributed by atoms with E-state index in [-0.39, 0.29) is 6.61 Å². The normalized spacial score (nSPS) is 11.8. The maximum atomic E-state index is 10.0. The van der Waals surface area contributed by atoms with Crippen molar-refractivity contribution in [3.63, 3.8) is 0 Å². The molecule has 2 aromatic heterocycles. The van der Waals surface area contributed by atoms with Gasteiger partial charge in [-0.25, -0.2) is 4.98 Å². The molecule has 0 spiro atoms. The zero-order valence-electron chi connectivity index (χ0n) is 13.3. The first kappa shape index (κ1) is 17.5. The van der Waals surface area contributed by atoms with Gasteiger partial charge in [0.25, 0.3) is 0 Å². The molecule has 2 heterocycles. The molecule has 1 aromatic carbocycles. The number of ether oxygens (including phenoxy) is 1. The summed E-state index contributed by atoms with van der Waals surface area (Å²) in [5.74, 6) is 1.87. The fraction of sp³-hybridized carbons (Fsp3) is 0.235. The number of H-pyrrole nitrogens is 1. The van der Waals surface area contributed by atoms with Crippen LogP contribution in [-0.2, 0) is 6.42 Å². The topological polar surface area (TPSA) is 94.8 Å². The van der Waals surface area contributed by atoms with Crippen molar-refractivity contribution >= 4 is 23.1 Å². The number of aromatic amines is 1. The molecule has 0 saturated carbocycles. The third kappa shape index (κ3) is 5.32. The minimum absolute atomic E-state index is 0.172. The maximum Gasteiger partial charge on any atom is 0.208 e. The molecule has 0 aliphatic heterocycles. The molecule has 6 nitrogen and oxygen atoms in total. The predicted molar refractivity (Wildman–Crippen MR) is 96.9 cm³/mol. The summed E-state index contributed by atoms with van der Waals surface area (Å²) >= 11 is 3.06. The van der Waals surface area contributed by atoms with E-state index in [1.165, 1.54) is 16.6 Å². The van der Waals surface area contributed by atoms with Gasteiger partial charge in [-0.15, -0.1) is 16.4 Å².